The van der Waals surface area contributed by atoms with E-state index in [1.165, 1.54) is 11.3 Å². The molecule has 1 aliphatic rings. The van der Waals surface area contributed by atoms with Crippen molar-refractivity contribution in [2.24, 2.45) is 13.0 Å². The van der Waals surface area contributed by atoms with Crippen LogP contribution in [0.1, 0.15) is 22.8 Å². The highest BCUT2D eigenvalue weighted by atomic mass is 32.1. The summed E-state index contributed by atoms with van der Waals surface area (Å²) >= 11 is 1.40. The Hall–Kier alpha value is -3.60. The van der Waals surface area contributed by atoms with Crippen molar-refractivity contribution < 1.29 is 19.5 Å². The monoisotopic (exact) mass is 456 g/mol. The number of benzene rings is 1. The predicted molar refractivity (Wildman–Crippen MR) is 118 cm³/mol. The van der Waals surface area contributed by atoms with Crippen LogP contribution in [0.15, 0.2) is 42.7 Å². The lowest BCUT2D eigenvalue weighted by atomic mass is 10.1. The molecule has 2 amide bonds. The number of anilines is 1. The summed E-state index contributed by atoms with van der Waals surface area (Å²) in [6.07, 6.45) is 5.13. The number of hydrogen-bond donors (Lipinski definition) is 2. The van der Waals surface area contributed by atoms with Crippen LogP contribution in [0, 0.1) is 5.92 Å². The van der Waals surface area contributed by atoms with Gasteiger partial charge in [-0.05, 0) is 5.56 Å². The van der Waals surface area contributed by atoms with E-state index in [0.717, 1.165) is 16.4 Å². The minimum Gasteiger partial charge on any atom is -0.483 e. The molecule has 2 aromatic heterocycles. The van der Waals surface area contributed by atoms with Crippen molar-refractivity contribution in [2.45, 2.75) is 19.3 Å². The van der Waals surface area contributed by atoms with Crippen molar-refractivity contribution in [1.29, 1.82) is 0 Å². The molecule has 1 fully saturated rings. The molecule has 32 heavy (non-hydrogen) atoms. The Kier molecular flexibility index (Phi) is 8.03. The third-order valence-corrected chi connectivity index (χ3v) is 5.90. The highest BCUT2D eigenvalue weighted by Crippen LogP contribution is 2.28. The molecule has 3 aromatic rings. The Morgan fingerprint density at radius 2 is 2.06 bits per heavy atom. The van der Waals surface area contributed by atoms with Crippen LogP contribution in [0.25, 0.3) is 0 Å². The van der Waals surface area contributed by atoms with E-state index in [-0.39, 0.29) is 30.6 Å². The first-order chi connectivity index (χ1) is 15.5. The molecule has 0 spiro atoms. The quantitative estimate of drug-likeness (QED) is 0.512. The van der Waals surface area contributed by atoms with Gasteiger partial charge in [-0.2, -0.15) is 0 Å². The van der Waals surface area contributed by atoms with Gasteiger partial charge >= 0.3 is 0 Å². The highest BCUT2D eigenvalue weighted by molar-refractivity contribution is 7.15. The highest BCUT2D eigenvalue weighted by Gasteiger charge is 2.36. The third-order valence-electron chi connectivity index (χ3n) is 4.95. The van der Waals surface area contributed by atoms with Crippen LogP contribution in [0.3, 0.4) is 0 Å². The lowest BCUT2D eigenvalue weighted by Crippen LogP contribution is -2.34. The molecule has 2 N–H and O–H groups in total. The predicted octanol–water partition coefficient (Wildman–Crippen LogP) is 1.28. The summed E-state index contributed by atoms with van der Waals surface area (Å²) in [6.45, 7) is 0.585. The van der Waals surface area contributed by atoms with Gasteiger partial charge in [0.15, 0.2) is 0 Å². The zero-order valence-electron chi connectivity index (χ0n) is 17.5. The van der Waals surface area contributed by atoms with E-state index in [4.69, 9.17) is 9.90 Å². The number of amides is 2. The fourth-order valence-corrected chi connectivity index (χ4v) is 4.24. The average Bonchev–Trinajstić information content (AvgIpc) is 3.50. The van der Waals surface area contributed by atoms with Crippen molar-refractivity contribution in [3.63, 3.8) is 0 Å². The van der Waals surface area contributed by atoms with Gasteiger partial charge in [-0.3, -0.25) is 19.3 Å². The van der Waals surface area contributed by atoms with E-state index in [9.17, 15) is 9.59 Å². The van der Waals surface area contributed by atoms with E-state index < -0.39 is 0 Å². The molecule has 1 aliphatic heterocycles. The van der Waals surface area contributed by atoms with Crippen LogP contribution in [-0.4, -0.2) is 56.2 Å². The van der Waals surface area contributed by atoms with Gasteiger partial charge in [-0.25, -0.2) is 4.98 Å². The zero-order valence-corrected chi connectivity index (χ0v) is 18.4. The molecule has 0 aliphatic carbocycles. The normalized spacial score (nSPS) is 15.2. The minimum atomic E-state index is -0.370. The van der Waals surface area contributed by atoms with Gasteiger partial charge in [0.05, 0.1) is 5.92 Å². The first-order valence-corrected chi connectivity index (χ1v) is 10.8. The zero-order chi connectivity index (χ0) is 22.9. The van der Waals surface area contributed by atoms with Crippen molar-refractivity contribution in [1.82, 2.24) is 25.1 Å². The number of hydrogen-bond acceptors (Lipinski definition) is 7. The Bertz CT molecular complexity index is 1050. The number of imidazole rings is 1. The Morgan fingerprint density at radius 3 is 2.75 bits per heavy atom. The van der Waals surface area contributed by atoms with E-state index in [1.807, 2.05) is 48.1 Å². The van der Waals surface area contributed by atoms with Crippen LogP contribution in [0.5, 0.6) is 0 Å². The Labute approximate surface area is 188 Å². The van der Waals surface area contributed by atoms with Gasteiger partial charge in [-0.15, -0.1) is 10.2 Å². The molecule has 0 bridgehead atoms. The van der Waals surface area contributed by atoms with Crippen LogP contribution in [-0.2, 0) is 34.3 Å². The summed E-state index contributed by atoms with van der Waals surface area (Å²) in [5.41, 5.74) is 1.15. The molecule has 1 atom stereocenters. The number of carbonyl (C=O) groups excluding carboxylic acids is 2. The maximum Gasteiger partial charge on any atom is 0.290 e. The second-order valence-corrected chi connectivity index (χ2v) is 8.19. The van der Waals surface area contributed by atoms with E-state index in [0.29, 0.717) is 31.1 Å². The second-order valence-electron chi connectivity index (χ2n) is 7.15. The molecule has 168 valence electrons. The largest absolute Gasteiger partial charge is 0.483 e. The number of carboxylic acid groups (broad SMARTS) is 1. The van der Waals surface area contributed by atoms with Crippen molar-refractivity contribution in [3.8, 4) is 0 Å². The number of aryl methyl sites for hydroxylation is 1. The summed E-state index contributed by atoms with van der Waals surface area (Å²) in [5.74, 6) is 0.348. The third kappa shape index (κ3) is 5.97. The van der Waals surface area contributed by atoms with Crippen LogP contribution < -0.4 is 10.2 Å². The van der Waals surface area contributed by atoms with Gasteiger partial charge in [0.1, 0.15) is 10.8 Å². The van der Waals surface area contributed by atoms with Crippen molar-refractivity contribution >= 4 is 34.8 Å². The fraction of sp³-hybridized carbons (Fsp3) is 0.333. The molecule has 11 heteroatoms. The molecule has 3 heterocycles. The van der Waals surface area contributed by atoms with Crippen LogP contribution >= 0.6 is 11.3 Å². The van der Waals surface area contributed by atoms with Gasteiger partial charge in [0.2, 0.25) is 16.9 Å². The minimum absolute atomic E-state index is 0.0864. The van der Waals surface area contributed by atoms with E-state index in [1.54, 1.807) is 11.1 Å². The molecule has 1 aromatic carbocycles. The summed E-state index contributed by atoms with van der Waals surface area (Å²) in [6, 6.07) is 10.0. The maximum absolute atomic E-state index is 12.5. The first-order valence-electron chi connectivity index (χ1n) is 10.00. The standard InChI is InChI=1S/C20H22N6O2S.CH2O2/c1-25-10-9-21-16(25)7-8-22-19(28)15-12-18(27)26(13-15)20-24-23-17(29-20)11-14-5-3-2-4-6-14;2-1-3/h2-6,9-10,15H,7-8,11-13H2,1H3,(H,22,28);1H,(H,2,3). The van der Waals surface area contributed by atoms with Gasteiger partial charge < -0.3 is 15.0 Å². The van der Waals surface area contributed by atoms with Gasteiger partial charge in [-0.1, -0.05) is 41.7 Å². The smallest absolute Gasteiger partial charge is 0.290 e. The van der Waals surface area contributed by atoms with E-state index >= 15 is 0 Å². The topological polar surface area (TPSA) is 130 Å². The lowest BCUT2D eigenvalue weighted by Gasteiger charge is -2.12. The molecule has 4 rings (SSSR count). The number of carbonyl (C=O) groups is 3. The SMILES string of the molecule is Cn1ccnc1CCNC(=O)C1CC(=O)N(c2nnc(Cc3ccccc3)s2)C1.O=CO. The second kappa shape index (κ2) is 11.1. The molecule has 0 radical (unpaired) electrons. The summed E-state index contributed by atoms with van der Waals surface area (Å²) in [5, 5.41) is 19.6. The van der Waals surface area contributed by atoms with Gasteiger partial charge in [0.25, 0.3) is 6.47 Å². The maximum atomic E-state index is 12.5. The first kappa shape index (κ1) is 23.1. The summed E-state index contributed by atoms with van der Waals surface area (Å²) in [4.78, 5) is 39.1. The Balaban J connectivity index is 0.000000913. The Morgan fingerprint density at radius 1 is 1.31 bits per heavy atom. The van der Waals surface area contributed by atoms with Crippen LogP contribution in [0.4, 0.5) is 5.13 Å². The van der Waals surface area contributed by atoms with Crippen molar-refractivity contribution in [3.05, 3.63) is 59.1 Å². The molecular weight excluding hydrogens is 432 g/mol. The molecular formula is C21H24N6O4S. The fourth-order valence-electron chi connectivity index (χ4n) is 3.34. The molecule has 1 saturated heterocycles. The molecule has 10 nitrogen and oxygen atoms in total. The van der Waals surface area contributed by atoms with Gasteiger partial charge in [0, 0.05) is 51.8 Å². The van der Waals surface area contributed by atoms with E-state index in [2.05, 4.69) is 20.5 Å². The number of nitrogens with zero attached hydrogens (tertiary/aromatic N) is 5. The summed E-state index contributed by atoms with van der Waals surface area (Å²) in [7, 11) is 1.92. The summed E-state index contributed by atoms with van der Waals surface area (Å²) < 4.78 is 1.93. The van der Waals surface area contributed by atoms with Crippen LogP contribution in [0.2, 0.25) is 0 Å². The number of nitrogens with one attached hydrogen (secondary N) is 1. The lowest BCUT2D eigenvalue weighted by molar-refractivity contribution is -0.126. The molecule has 0 saturated carbocycles. The average molecular weight is 457 g/mol. The number of rotatable bonds is 7. The molecule has 1 unspecified atom stereocenters. The van der Waals surface area contributed by atoms with Crippen molar-refractivity contribution in [2.75, 3.05) is 18.0 Å². The number of aromatic nitrogens is 4.